The lowest BCUT2D eigenvalue weighted by atomic mass is 10.1. The van der Waals surface area contributed by atoms with Crippen molar-refractivity contribution in [3.05, 3.63) is 41.4 Å². The molecule has 1 saturated heterocycles. The van der Waals surface area contributed by atoms with Crippen molar-refractivity contribution >= 4 is 11.6 Å². The van der Waals surface area contributed by atoms with Crippen LogP contribution in [0.25, 0.3) is 11.3 Å². The summed E-state index contributed by atoms with van der Waals surface area (Å²) in [5.74, 6) is 1.50. The lowest BCUT2D eigenvalue weighted by Crippen LogP contribution is -2.54. The predicted octanol–water partition coefficient (Wildman–Crippen LogP) is 2.14. The molecule has 1 fully saturated rings. The van der Waals surface area contributed by atoms with E-state index < -0.39 is 0 Å². The molecule has 5 heteroatoms. The molecule has 2 heterocycles. The highest BCUT2D eigenvalue weighted by Crippen LogP contribution is 2.23. The first-order valence-electron chi connectivity index (χ1n) is 5.89. The molecule has 0 aliphatic carbocycles. The average Bonchev–Trinajstić information content (AvgIpc) is 2.77. The van der Waals surface area contributed by atoms with Crippen LogP contribution >= 0.6 is 11.6 Å². The largest absolute Gasteiger partial charge is 0.439 e. The van der Waals surface area contributed by atoms with Crippen LogP contribution in [-0.2, 0) is 6.54 Å². The molecule has 0 unspecified atom stereocenters. The fourth-order valence-electron chi connectivity index (χ4n) is 2.06. The zero-order valence-electron chi connectivity index (χ0n) is 9.84. The van der Waals surface area contributed by atoms with Crippen molar-refractivity contribution in [2.75, 3.05) is 13.1 Å². The van der Waals surface area contributed by atoms with Crippen LogP contribution in [0.15, 0.2) is 34.9 Å². The Morgan fingerprint density at radius 3 is 2.72 bits per heavy atom. The Morgan fingerprint density at radius 2 is 2.06 bits per heavy atom. The third kappa shape index (κ3) is 2.41. The van der Waals surface area contributed by atoms with Crippen LogP contribution in [0.5, 0.6) is 0 Å². The molecule has 1 aliphatic rings. The minimum Gasteiger partial charge on any atom is -0.439 e. The molecule has 94 valence electrons. The van der Waals surface area contributed by atoms with Gasteiger partial charge in [-0.05, 0) is 24.3 Å². The van der Waals surface area contributed by atoms with E-state index in [2.05, 4.69) is 9.88 Å². The summed E-state index contributed by atoms with van der Waals surface area (Å²) in [6.07, 6.45) is 1.75. The minimum absolute atomic E-state index is 0.302. The van der Waals surface area contributed by atoms with E-state index in [9.17, 15) is 0 Å². The van der Waals surface area contributed by atoms with E-state index in [0.29, 0.717) is 11.1 Å². The van der Waals surface area contributed by atoms with Gasteiger partial charge in [-0.25, -0.2) is 4.98 Å². The number of halogens is 1. The van der Waals surface area contributed by atoms with Crippen LogP contribution in [0, 0.1) is 0 Å². The maximum Gasteiger partial charge on any atom is 0.209 e. The van der Waals surface area contributed by atoms with Crippen LogP contribution in [-0.4, -0.2) is 29.0 Å². The maximum atomic E-state index is 5.85. The molecule has 0 atom stereocenters. The third-order valence-corrected chi connectivity index (χ3v) is 3.28. The summed E-state index contributed by atoms with van der Waals surface area (Å²) in [6.45, 7) is 2.55. The minimum atomic E-state index is 0.302. The highest BCUT2D eigenvalue weighted by molar-refractivity contribution is 6.30. The molecule has 18 heavy (non-hydrogen) atoms. The second-order valence-electron chi connectivity index (χ2n) is 4.58. The van der Waals surface area contributed by atoms with Crippen LogP contribution in [0.1, 0.15) is 5.89 Å². The number of nitrogens with two attached hydrogens (primary N) is 1. The zero-order chi connectivity index (χ0) is 12.5. The molecular weight excluding hydrogens is 250 g/mol. The summed E-state index contributed by atoms with van der Waals surface area (Å²) in [5, 5.41) is 0.716. The van der Waals surface area contributed by atoms with E-state index in [1.807, 2.05) is 24.3 Å². The normalized spacial score (nSPS) is 16.8. The van der Waals surface area contributed by atoms with E-state index in [-0.39, 0.29) is 0 Å². The molecule has 1 aliphatic heterocycles. The van der Waals surface area contributed by atoms with Crippen molar-refractivity contribution in [1.82, 2.24) is 9.88 Å². The van der Waals surface area contributed by atoms with Gasteiger partial charge in [0.25, 0.3) is 0 Å². The average molecular weight is 264 g/mol. The van der Waals surface area contributed by atoms with Crippen LogP contribution in [0.2, 0.25) is 5.02 Å². The summed E-state index contributed by atoms with van der Waals surface area (Å²) in [4.78, 5) is 6.49. The monoisotopic (exact) mass is 263 g/mol. The molecule has 3 rings (SSSR count). The summed E-state index contributed by atoms with van der Waals surface area (Å²) < 4.78 is 5.71. The Hall–Kier alpha value is -1.36. The van der Waals surface area contributed by atoms with E-state index in [4.69, 9.17) is 21.8 Å². The van der Waals surface area contributed by atoms with Gasteiger partial charge in [-0.2, -0.15) is 0 Å². The highest BCUT2D eigenvalue weighted by Gasteiger charge is 2.24. The van der Waals surface area contributed by atoms with Gasteiger partial charge in [-0.15, -0.1) is 0 Å². The molecular formula is C13H14ClN3O. The molecule has 0 bridgehead atoms. The maximum absolute atomic E-state index is 5.85. The van der Waals surface area contributed by atoms with E-state index >= 15 is 0 Å². The molecule has 0 saturated carbocycles. The Kier molecular flexibility index (Phi) is 3.07. The van der Waals surface area contributed by atoms with Gasteiger partial charge in [0.1, 0.15) is 0 Å². The van der Waals surface area contributed by atoms with Crippen molar-refractivity contribution < 1.29 is 4.42 Å². The highest BCUT2D eigenvalue weighted by atomic mass is 35.5. The number of hydrogen-bond donors (Lipinski definition) is 1. The van der Waals surface area contributed by atoms with Gasteiger partial charge in [0, 0.05) is 29.7 Å². The standard InChI is InChI=1S/C13H14ClN3O/c14-10-3-1-9(2-4-10)12-5-16-13(18-12)8-17-6-11(15)7-17/h1-5,11H,6-8,15H2. The first-order chi connectivity index (χ1) is 8.70. The van der Waals surface area contributed by atoms with E-state index in [1.165, 1.54) is 0 Å². The first-order valence-corrected chi connectivity index (χ1v) is 6.27. The van der Waals surface area contributed by atoms with Gasteiger partial charge in [0.2, 0.25) is 5.89 Å². The fourth-order valence-corrected chi connectivity index (χ4v) is 2.19. The van der Waals surface area contributed by atoms with Gasteiger partial charge in [0.15, 0.2) is 5.76 Å². The molecule has 4 nitrogen and oxygen atoms in total. The number of nitrogens with zero attached hydrogens (tertiary/aromatic N) is 2. The van der Waals surface area contributed by atoms with Crippen molar-refractivity contribution in [3.63, 3.8) is 0 Å². The lowest BCUT2D eigenvalue weighted by Gasteiger charge is -2.35. The van der Waals surface area contributed by atoms with Crippen molar-refractivity contribution in [1.29, 1.82) is 0 Å². The number of aromatic nitrogens is 1. The second-order valence-corrected chi connectivity index (χ2v) is 5.02. The number of oxazole rings is 1. The molecule has 0 amide bonds. The molecule has 1 aromatic carbocycles. The summed E-state index contributed by atoms with van der Waals surface area (Å²) >= 11 is 5.85. The second kappa shape index (κ2) is 4.72. The smallest absolute Gasteiger partial charge is 0.209 e. The third-order valence-electron chi connectivity index (χ3n) is 3.03. The summed E-state index contributed by atoms with van der Waals surface area (Å²) in [5.41, 5.74) is 6.71. The first kappa shape index (κ1) is 11.7. The fraction of sp³-hybridized carbons (Fsp3) is 0.308. The number of benzene rings is 1. The van der Waals surface area contributed by atoms with Crippen molar-refractivity contribution in [2.45, 2.75) is 12.6 Å². The molecule has 1 aromatic heterocycles. The zero-order valence-corrected chi connectivity index (χ0v) is 10.6. The number of likely N-dealkylation sites (tertiary alicyclic amines) is 1. The lowest BCUT2D eigenvalue weighted by molar-refractivity contribution is 0.129. The van der Waals surface area contributed by atoms with Crippen LogP contribution in [0.4, 0.5) is 0 Å². The molecule has 2 aromatic rings. The van der Waals surface area contributed by atoms with Gasteiger partial charge in [0.05, 0.1) is 12.7 Å². The molecule has 2 N–H and O–H groups in total. The summed E-state index contributed by atoms with van der Waals surface area (Å²) in [6, 6.07) is 7.83. The Morgan fingerprint density at radius 1 is 1.33 bits per heavy atom. The number of rotatable bonds is 3. The SMILES string of the molecule is NC1CN(Cc2ncc(-c3ccc(Cl)cc3)o2)C1. The Labute approximate surface area is 110 Å². The van der Waals surface area contributed by atoms with Crippen LogP contribution < -0.4 is 5.73 Å². The van der Waals surface area contributed by atoms with Gasteiger partial charge in [-0.1, -0.05) is 11.6 Å². The van der Waals surface area contributed by atoms with Gasteiger partial charge >= 0.3 is 0 Å². The molecule has 0 spiro atoms. The van der Waals surface area contributed by atoms with Crippen molar-refractivity contribution in [3.8, 4) is 11.3 Å². The van der Waals surface area contributed by atoms with E-state index in [0.717, 1.165) is 36.8 Å². The van der Waals surface area contributed by atoms with Gasteiger partial charge < -0.3 is 10.2 Å². The predicted molar refractivity (Wildman–Crippen MR) is 70.2 cm³/mol. The van der Waals surface area contributed by atoms with Gasteiger partial charge in [-0.3, -0.25) is 4.90 Å². The topological polar surface area (TPSA) is 55.3 Å². The van der Waals surface area contributed by atoms with E-state index in [1.54, 1.807) is 6.20 Å². The van der Waals surface area contributed by atoms with Crippen LogP contribution in [0.3, 0.4) is 0 Å². The Balaban J connectivity index is 1.71. The Bertz CT molecular complexity index is 531. The van der Waals surface area contributed by atoms with Crippen molar-refractivity contribution in [2.24, 2.45) is 5.73 Å². The quantitative estimate of drug-likeness (QED) is 0.922. The molecule has 0 radical (unpaired) electrons. The summed E-state index contributed by atoms with van der Waals surface area (Å²) in [7, 11) is 0. The number of hydrogen-bond acceptors (Lipinski definition) is 4.